The van der Waals surface area contributed by atoms with E-state index < -0.39 is 0 Å². The van der Waals surface area contributed by atoms with E-state index in [1.165, 1.54) is 20.6 Å². The molecule has 0 radical (unpaired) electrons. The number of benzene rings is 3. The molecule has 4 rings (SSSR count). The van der Waals surface area contributed by atoms with Crippen LogP contribution in [0.3, 0.4) is 0 Å². The first-order chi connectivity index (χ1) is 9.34. The van der Waals surface area contributed by atoms with Gasteiger partial charge in [0.25, 0.3) is 0 Å². The van der Waals surface area contributed by atoms with Crippen molar-refractivity contribution in [3.05, 3.63) is 60.7 Å². The molecule has 3 heteroatoms. The summed E-state index contributed by atoms with van der Waals surface area (Å²) < 4.78 is 0. The van der Waals surface area contributed by atoms with Crippen molar-refractivity contribution in [1.29, 1.82) is 0 Å². The number of para-hydroxylation sites is 1. The fourth-order valence-corrected chi connectivity index (χ4v) is 3.64. The molecule has 2 nitrogen and oxygen atoms in total. The number of hydrazine groups is 1. The van der Waals surface area contributed by atoms with Gasteiger partial charge in [0, 0.05) is 15.2 Å². The van der Waals surface area contributed by atoms with Crippen molar-refractivity contribution in [3.8, 4) is 0 Å². The molecule has 92 valence electrons. The molecule has 0 amide bonds. The summed E-state index contributed by atoms with van der Waals surface area (Å²) in [4.78, 5) is 2.41. The highest BCUT2D eigenvalue weighted by Crippen LogP contribution is 2.49. The van der Waals surface area contributed by atoms with E-state index in [1.807, 2.05) is 17.1 Å². The Balaban J connectivity index is 2.04. The molecule has 0 saturated heterocycles. The number of nitrogens with two attached hydrogens (primary N) is 1. The van der Waals surface area contributed by atoms with Crippen LogP contribution in [0.25, 0.3) is 10.8 Å². The number of hydrogen-bond acceptors (Lipinski definition) is 3. The van der Waals surface area contributed by atoms with E-state index in [-0.39, 0.29) is 0 Å². The lowest BCUT2D eigenvalue weighted by atomic mass is 10.1. The number of fused-ring (bicyclic) bond motifs is 4. The van der Waals surface area contributed by atoms with Crippen LogP contribution in [0.2, 0.25) is 0 Å². The standard InChI is InChI=1S/C16H12N2S/c17-18-13-7-3-4-8-14(13)19-15-10-9-11-5-1-2-6-12(11)16(15)18/h1-10H,17H2. The molecule has 0 saturated carbocycles. The first kappa shape index (κ1) is 10.9. The normalized spacial score (nSPS) is 13.2. The highest BCUT2D eigenvalue weighted by molar-refractivity contribution is 7.99. The third-order valence-corrected chi connectivity index (χ3v) is 4.56. The van der Waals surface area contributed by atoms with Crippen LogP contribution in [0.15, 0.2) is 70.5 Å². The predicted octanol–water partition coefficient (Wildman–Crippen LogP) is 4.32. The second-order valence-corrected chi connectivity index (χ2v) is 5.66. The Hall–Kier alpha value is -1.97. The second kappa shape index (κ2) is 4.02. The number of rotatable bonds is 0. The summed E-state index contributed by atoms with van der Waals surface area (Å²) in [6.45, 7) is 0. The molecule has 3 aromatic carbocycles. The van der Waals surface area contributed by atoms with Crippen molar-refractivity contribution >= 4 is 33.9 Å². The number of hydrogen-bond donors (Lipinski definition) is 1. The Morgan fingerprint density at radius 3 is 2.53 bits per heavy atom. The molecule has 19 heavy (non-hydrogen) atoms. The fourth-order valence-electron chi connectivity index (χ4n) is 2.55. The van der Waals surface area contributed by atoms with Gasteiger partial charge in [-0.25, -0.2) is 5.84 Å². The average Bonchev–Trinajstić information content (AvgIpc) is 2.47. The minimum atomic E-state index is 1.07. The minimum absolute atomic E-state index is 1.07. The van der Waals surface area contributed by atoms with Gasteiger partial charge in [0.15, 0.2) is 0 Å². The summed E-state index contributed by atoms with van der Waals surface area (Å²) >= 11 is 1.78. The van der Waals surface area contributed by atoms with Gasteiger partial charge >= 0.3 is 0 Å². The fraction of sp³-hybridized carbons (Fsp3) is 0. The molecule has 0 atom stereocenters. The van der Waals surface area contributed by atoms with Crippen LogP contribution in [-0.2, 0) is 0 Å². The average molecular weight is 264 g/mol. The molecule has 1 heterocycles. The minimum Gasteiger partial charge on any atom is -0.277 e. The lowest BCUT2D eigenvalue weighted by Crippen LogP contribution is -2.28. The zero-order valence-corrected chi connectivity index (χ0v) is 11.0. The third kappa shape index (κ3) is 1.56. The van der Waals surface area contributed by atoms with Gasteiger partial charge in [0.2, 0.25) is 0 Å². The van der Waals surface area contributed by atoms with Gasteiger partial charge in [-0.1, -0.05) is 54.2 Å². The van der Waals surface area contributed by atoms with E-state index in [4.69, 9.17) is 5.84 Å². The molecule has 1 aliphatic rings. The van der Waals surface area contributed by atoms with Crippen molar-refractivity contribution in [1.82, 2.24) is 0 Å². The number of nitrogens with zero attached hydrogens (tertiary/aromatic N) is 1. The molecule has 0 fully saturated rings. The molecule has 0 bridgehead atoms. The molecule has 0 unspecified atom stereocenters. The summed E-state index contributed by atoms with van der Waals surface area (Å²) in [5.74, 6) is 6.34. The maximum absolute atomic E-state index is 6.34. The summed E-state index contributed by atoms with van der Waals surface area (Å²) in [6, 6.07) is 20.9. The maximum Gasteiger partial charge on any atom is 0.0793 e. The van der Waals surface area contributed by atoms with Crippen molar-refractivity contribution in [2.45, 2.75) is 9.79 Å². The molecular formula is C16H12N2S. The van der Waals surface area contributed by atoms with Crippen LogP contribution in [0.1, 0.15) is 0 Å². The van der Waals surface area contributed by atoms with E-state index in [1.54, 1.807) is 11.8 Å². The molecule has 0 aliphatic carbocycles. The van der Waals surface area contributed by atoms with Crippen molar-refractivity contribution in [2.24, 2.45) is 5.84 Å². The summed E-state index contributed by atoms with van der Waals surface area (Å²) in [5, 5.41) is 4.23. The van der Waals surface area contributed by atoms with Gasteiger partial charge in [-0.05, 0) is 23.6 Å². The first-order valence-corrected chi connectivity index (χ1v) is 7.00. The molecule has 0 spiro atoms. The number of anilines is 2. The van der Waals surface area contributed by atoms with Crippen LogP contribution in [0, 0.1) is 0 Å². The second-order valence-electron chi connectivity index (χ2n) is 4.57. The van der Waals surface area contributed by atoms with Crippen molar-refractivity contribution < 1.29 is 0 Å². The Bertz CT molecular complexity index is 783. The van der Waals surface area contributed by atoms with E-state index >= 15 is 0 Å². The molecule has 3 aromatic rings. The SMILES string of the molecule is NN1c2ccccc2Sc2ccc3ccccc3c21. The van der Waals surface area contributed by atoms with Crippen molar-refractivity contribution in [3.63, 3.8) is 0 Å². The van der Waals surface area contributed by atoms with Gasteiger partial charge in [-0.3, -0.25) is 5.01 Å². The van der Waals surface area contributed by atoms with Crippen LogP contribution in [0.4, 0.5) is 11.4 Å². The van der Waals surface area contributed by atoms with Crippen LogP contribution >= 0.6 is 11.8 Å². The molecule has 2 N–H and O–H groups in total. The molecule has 0 aromatic heterocycles. The first-order valence-electron chi connectivity index (χ1n) is 6.18. The van der Waals surface area contributed by atoms with Crippen LogP contribution < -0.4 is 10.9 Å². The smallest absolute Gasteiger partial charge is 0.0793 e. The summed E-state index contributed by atoms with van der Waals surface area (Å²) in [7, 11) is 0. The van der Waals surface area contributed by atoms with Gasteiger partial charge in [0.1, 0.15) is 0 Å². The third-order valence-electron chi connectivity index (χ3n) is 3.45. The van der Waals surface area contributed by atoms with E-state index in [2.05, 4.69) is 48.5 Å². The molecule has 1 aliphatic heterocycles. The zero-order chi connectivity index (χ0) is 12.8. The zero-order valence-electron chi connectivity index (χ0n) is 10.2. The Morgan fingerprint density at radius 2 is 1.58 bits per heavy atom. The van der Waals surface area contributed by atoms with Crippen molar-refractivity contribution in [2.75, 3.05) is 5.01 Å². The van der Waals surface area contributed by atoms with E-state index in [0.717, 1.165) is 11.4 Å². The maximum atomic E-state index is 6.34. The molecular weight excluding hydrogens is 252 g/mol. The van der Waals surface area contributed by atoms with Crippen LogP contribution in [-0.4, -0.2) is 0 Å². The summed E-state index contributed by atoms with van der Waals surface area (Å²) in [5.41, 5.74) is 2.16. The lowest BCUT2D eigenvalue weighted by Gasteiger charge is -2.29. The Labute approximate surface area is 115 Å². The monoisotopic (exact) mass is 264 g/mol. The topological polar surface area (TPSA) is 29.3 Å². The van der Waals surface area contributed by atoms with Gasteiger partial charge in [-0.15, -0.1) is 0 Å². The Kier molecular flexibility index (Phi) is 2.31. The van der Waals surface area contributed by atoms with E-state index in [9.17, 15) is 0 Å². The highest BCUT2D eigenvalue weighted by Gasteiger charge is 2.22. The highest BCUT2D eigenvalue weighted by atomic mass is 32.2. The predicted molar refractivity (Wildman–Crippen MR) is 80.8 cm³/mol. The quantitative estimate of drug-likeness (QED) is 0.613. The summed E-state index contributed by atoms with van der Waals surface area (Å²) in [6.07, 6.45) is 0. The van der Waals surface area contributed by atoms with Crippen LogP contribution in [0.5, 0.6) is 0 Å². The Morgan fingerprint density at radius 1 is 0.789 bits per heavy atom. The van der Waals surface area contributed by atoms with Gasteiger partial charge < -0.3 is 0 Å². The lowest BCUT2D eigenvalue weighted by molar-refractivity contribution is 1.03. The van der Waals surface area contributed by atoms with Gasteiger partial charge in [-0.2, -0.15) is 0 Å². The van der Waals surface area contributed by atoms with Gasteiger partial charge in [0.05, 0.1) is 11.4 Å². The largest absolute Gasteiger partial charge is 0.277 e. The van der Waals surface area contributed by atoms with E-state index in [0.29, 0.717) is 0 Å².